The van der Waals surface area contributed by atoms with Gasteiger partial charge in [0, 0.05) is 35.5 Å². The average molecular weight is 490 g/mol. The summed E-state index contributed by atoms with van der Waals surface area (Å²) in [4.78, 5) is 49.9. The number of hydrogen-bond acceptors (Lipinski definition) is 5. The molecule has 2 aromatic heterocycles. The Morgan fingerprint density at radius 2 is 1.54 bits per heavy atom. The third kappa shape index (κ3) is 5.13. The molecule has 0 spiro atoms. The summed E-state index contributed by atoms with van der Waals surface area (Å²) in [5.74, 6) is -0.609. The van der Waals surface area contributed by atoms with E-state index in [1.807, 2.05) is 36.4 Å². The minimum atomic E-state index is -0.947. The van der Waals surface area contributed by atoms with E-state index in [1.54, 1.807) is 60.9 Å². The number of carbonyl (C=O) groups is 3. The molecule has 1 unspecified atom stereocenters. The van der Waals surface area contributed by atoms with Gasteiger partial charge in [-0.3, -0.25) is 19.4 Å². The van der Waals surface area contributed by atoms with Crippen LogP contribution in [-0.2, 0) is 11.2 Å². The molecule has 2 heterocycles. The highest BCUT2D eigenvalue weighted by molar-refractivity contribution is 6.09. The summed E-state index contributed by atoms with van der Waals surface area (Å²) in [5.41, 5.74) is 9.84. The lowest BCUT2D eigenvalue weighted by molar-refractivity contribution is -0.119. The Hall–Kier alpha value is -5.11. The van der Waals surface area contributed by atoms with Gasteiger partial charge in [-0.05, 0) is 29.8 Å². The maximum atomic E-state index is 13.2. The number of ketones is 1. The lowest BCUT2D eigenvalue weighted by Gasteiger charge is -2.16. The third-order valence-corrected chi connectivity index (χ3v) is 6.05. The van der Waals surface area contributed by atoms with Crippen LogP contribution >= 0.6 is 0 Å². The van der Waals surface area contributed by atoms with Crippen molar-refractivity contribution in [3.63, 3.8) is 0 Å². The number of aromatic nitrogens is 3. The molecule has 4 N–H and O–H groups in total. The molecule has 0 saturated carbocycles. The molecule has 37 heavy (non-hydrogen) atoms. The van der Waals surface area contributed by atoms with Crippen LogP contribution in [0.1, 0.15) is 31.8 Å². The Bertz CT molecular complexity index is 1580. The maximum Gasteiger partial charge on any atom is 0.254 e. The van der Waals surface area contributed by atoms with Crippen molar-refractivity contribution >= 4 is 28.6 Å². The molecule has 8 heteroatoms. The monoisotopic (exact) mass is 489 g/mol. The first-order valence-electron chi connectivity index (χ1n) is 11.7. The number of carbonyl (C=O) groups excluding carboxylic acids is 3. The number of pyridine rings is 1. The van der Waals surface area contributed by atoms with Crippen molar-refractivity contribution in [2.75, 3.05) is 0 Å². The second-order valence-electron chi connectivity index (χ2n) is 8.55. The fourth-order valence-electron chi connectivity index (χ4n) is 4.10. The number of amides is 2. The number of benzene rings is 3. The van der Waals surface area contributed by atoms with E-state index < -0.39 is 17.9 Å². The minimum Gasteiger partial charge on any atom is -0.368 e. The van der Waals surface area contributed by atoms with Crippen LogP contribution in [-0.4, -0.2) is 38.6 Å². The molecule has 5 rings (SSSR count). The fraction of sp³-hybridized carbons (Fsp3) is 0.0690. The van der Waals surface area contributed by atoms with Crippen LogP contribution in [0.2, 0.25) is 0 Å². The SMILES string of the molecule is NC(=O)C(Cc1ccc(C(=O)c2ccccc2)cc1)NC(=O)c1cccc2[nH]c(-c3ccncc3)nc12. The number of primary amides is 1. The van der Waals surface area contributed by atoms with Gasteiger partial charge in [-0.2, -0.15) is 0 Å². The van der Waals surface area contributed by atoms with Crippen molar-refractivity contribution in [1.29, 1.82) is 0 Å². The summed E-state index contributed by atoms with van der Waals surface area (Å²) >= 11 is 0. The van der Waals surface area contributed by atoms with Gasteiger partial charge in [0.1, 0.15) is 17.4 Å². The molecule has 5 aromatic rings. The van der Waals surface area contributed by atoms with E-state index in [1.165, 1.54) is 0 Å². The number of nitrogens with one attached hydrogen (secondary N) is 2. The number of H-pyrrole nitrogens is 1. The summed E-state index contributed by atoms with van der Waals surface area (Å²) in [6.45, 7) is 0. The average Bonchev–Trinajstić information content (AvgIpc) is 3.38. The van der Waals surface area contributed by atoms with Gasteiger partial charge in [-0.1, -0.05) is 60.7 Å². The normalized spacial score (nSPS) is 11.7. The number of nitrogens with zero attached hydrogens (tertiary/aromatic N) is 2. The molecule has 8 nitrogen and oxygen atoms in total. The summed E-state index contributed by atoms with van der Waals surface area (Å²) in [6.07, 6.45) is 3.51. The molecule has 182 valence electrons. The molecule has 3 aromatic carbocycles. The number of hydrogen-bond donors (Lipinski definition) is 3. The summed E-state index contributed by atoms with van der Waals surface area (Å²) in [7, 11) is 0. The van der Waals surface area contributed by atoms with Crippen LogP contribution in [0.25, 0.3) is 22.4 Å². The molecule has 0 aliphatic carbocycles. The van der Waals surface area contributed by atoms with Crippen LogP contribution < -0.4 is 11.1 Å². The summed E-state index contributed by atoms with van der Waals surface area (Å²) in [6, 6.07) is 23.8. The van der Waals surface area contributed by atoms with Crippen molar-refractivity contribution in [2.45, 2.75) is 12.5 Å². The van der Waals surface area contributed by atoms with Gasteiger partial charge < -0.3 is 16.0 Å². The summed E-state index contributed by atoms with van der Waals surface area (Å²) in [5, 5.41) is 2.74. The van der Waals surface area contributed by atoms with Crippen LogP contribution in [0.5, 0.6) is 0 Å². The first kappa shape index (κ1) is 23.6. The van der Waals surface area contributed by atoms with Crippen LogP contribution in [0.4, 0.5) is 0 Å². The number of para-hydroxylation sites is 1. The Balaban J connectivity index is 1.33. The van der Waals surface area contributed by atoms with E-state index >= 15 is 0 Å². The fourth-order valence-corrected chi connectivity index (χ4v) is 4.10. The quantitative estimate of drug-likeness (QED) is 0.286. The Kier molecular flexibility index (Phi) is 6.54. The zero-order valence-electron chi connectivity index (χ0n) is 19.7. The third-order valence-electron chi connectivity index (χ3n) is 6.05. The standard InChI is InChI=1S/C29H23N5O3/c30-27(36)24(17-18-9-11-20(12-10-18)26(35)19-5-2-1-3-6-19)33-29(37)22-7-4-8-23-25(22)34-28(32-23)21-13-15-31-16-14-21/h1-16,24H,17H2,(H2,30,36)(H,32,34)(H,33,37). The van der Waals surface area contributed by atoms with E-state index in [4.69, 9.17) is 5.73 Å². The van der Waals surface area contributed by atoms with Crippen LogP contribution in [0.15, 0.2) is 97.3 Å². The zero-order valence-corrected chi connectivity index (χ0v) is 19.7. The smallest absolute Gasteiger partial charge is 0.254 e. The van der Waals surface area contributed by atoms with Gasteiger partial charge in [0.05, 0.1) is 11.1 Å². The van der Waals surface area contributed by atoms with Gasteiger partial charge in [-0.15, -0.1) is 0 Å². The Labute approximate surface area is 212 Å². The molecule has 0 radical (unpaired) electrons. The molecule has 0 fully saturated rings. The molecular formula is C29H23N5O3. The predicted molar refractivity (Wildman–Crippen MR) is 140 cm³/mol. The first-order valence-corrected chi connectivity index (χ1v) is 11.7. The van der Waals surface area contributed by atoms with E-state index in [0.717, 1.165) is 11.1 Å². The predicted octanol–water partition coefficient (Wildman–Crippen LogP) is 3.68. The number of fused-ring (bicyclic) bond motifs is 1. The Morgan fingerprint density at radius 3 is 2.24 bits per heavy atom. The Morgan fingerprint density at radius 1 is 0.838 bits per heavy atom. The maximum absolute atomic E-state index is 13.2. The van der Waals surface area contributed by atoms with E-state index in [0.29, 0.717) is 33.5 Å². The van der Waals surface area contributed by atoms with E-state index in [-0.39, 0.29) is 12.2 Å². The second-order valence-corrected chi connectivity index (χ2v) is 8.55. The number of nitrogens with two attached hydrogens (primary N) is 1. The molecular weight excluding hydrogens is 466 g/mol. The van der Waals surface area contributed by atoms with E-state index in [9.17, 15) is 14.4 Å². The van der Waals surface area contributed by atoms with Gasteiger partial charge >= 0.3 is 0 Å². The van der Waals surface area contributed by atoms with Gasteiger partial charge in [0.2, 0.25) is 5.91 Å². The van der Waals surface area contributed by atoms with Gasteiger partial charge in [0.25, 0.3) is 5.91 Å². The molecule has 0 bridgehead atoms. The molecule has 0 saturated heterocycles. The van der Waals surface area contributed by atoms with Crippen molar-refractivity contribution in [2.24, 2.45) is 5.73 Å². The number of rotatable bonds is 8. The van der Waals surface area contributed by atoms with Crippen molar-refractivity contribution in [3.05, 3.63) is 120 Å². The minimum absolute atomic E-state index is 0.0925. The highest BCUT2D eigenvalue weighted by Crippen LogP contribution is 2.23. The van der Waals surface area contributed by atoms with Gasteiger partial charge in [-0.25, -0.2) is 4.98 Å². The zero-order chi connectivity index (χ0) is 25.8. The topological polar surface area (TPSA) is 131 Å². The second kappa shape index (κ2) is 10.2. The highest BCUT2D eigenvalue weighted by atomic mass is 16.2. The van der Waals surface area contributed by atoms with Crippen LogP contribution in [0.3, 0.4) is 0 Å². The largest absolute Gasteiger partial charge is 0.368 e. The van der Waals surface area contributed by atoms with E-state index in [2.05, 4.69) is 20.3 Å². The summed E-state index contributed by atoms with van der Waals surface area (Å²) < 4.78 is 0. The molecule has 1 atom stereocenters. The lowest BCUT2D eigenvalue weighted by Crippen LogP contribution is -2.45. The lowest BCUT2D eigenvalue weighted by atomic mass is 9.99. The van der Waals surface area contributed by atoms with Crippen molar-refractivity contribution in [1.82, 2.24) is 20.3 Å². The van der Waals surface area contributed by atoms with Crippen molar-refractivity contribution in [3.8, 4) is 11.4 Å². The first-order chi connectivity index (χ1) is 18.0. The molecule has 0 aliphatic heterocycles. The molecule has 0 aliphatic rings. The van der Waals surface area contributed by atoms with Gasteiger partial charge in [0.15, 0.2) is 5.78 Å². The highest BCUT2D eigenvalue weighted by Gasteiger charge is 2.22. The number of imidazole rings is 1. The van der Waals surface area contributed by atoms with Crippen LogP contribution in [0, 0.1) is 0 Å². The van der Waals surface area contributed by atoms with Crippen molar-refractivity contribution < 1.29 is 14.4 Å². The number of aromatic amines is 1. The molecule has 2 amide bonds.